The van der Waals surface area contributed by atoms with E-state index in [0.29, 0.717) is 17.3 Å². The number of halogens is 1. The normalized spacial score (nSPS) is 12.1. The van der Waals surface area contributed by atoms with E-state index >= 15 is 0 Å². The number of hydrogen-bond acceptors (Lipinski definition) is 5. The highest BCUT2D eigenvalue weighted by atomic mass is 35.5. The van der Waals surface area contributed by atoms with Crippen molar-refractivity contribution in [3.05, 3.63) is 63.6 Å². The van der Waals surface area contributed by atoms with Crippen molar-refractivity contribution < 1.29 is 4.79 Å². The average molecular weight is 362 g/mol. The van der Waals surface area contributed by atoms with Crippen molar-refractivity contribution in [2.45, 2.75) is 19.0 Å². The van der Waals surface area contributed by atoms with Crippen LogP contribution in [0.3, 0.4) is 0 Å². The summed E-state index contributed by atoms with van der Waals surface area (Å²) in [6.07, 6.45) is 2.00. The summed E-state index contributed by atoms with van der Waals surface area (Å²) in [6, 6.07) is 13.1. The third kappa shape index (κ3) is 3.98. The molecule has 0 aliphatic carbocycles. The number of rotatable bonds is 6. The molecule has 0 fully saturated rings. The van der Waals surface area contributed by atoms with Crippen LogP contribution in [0.2, 0.25) is 4.34 Å². The lowest BCUT2D eigenvalue weighted by molar-refractivity contribution is -0.134. The Balaban J connectivity index is 1.78. The van der Waals surface area contributed by atoms with E-state index in [4.69, 9.17) is 11.6 Å². The molecule has 1 aromatic carbocycles. The van der Waals surface area contributed by atoms with Crippen LogP contribution < -0.4 is 0 Å². The van der Waals surface area contributed by atoms with E-state index in [2.05, 4.69) is 15.5 Å². The molecule has 1 amide bonds. The van der Waals surface area contributed by atoms with Gasteiger partial charge < -0.3 is 4.90 Å². The molecule has 1 atom stereocenters. The standard InChI is InChI=1S/C16H16ClN5OS/c1-21(10-13-7-8-15(17)24-13)16(23)14(22-11-18-19-20-22)9-12-5-3-2-4-6-12/h2-8,11,14H,9-10H2,1H3. The highest BCUT2D eigenvalue weighted by Gasteiger charge is 2.25. The smallest absolute Gasteiger partial charge is 0.247 e. The first-order valence-electron chi connectivity index (χ1n) is 7.39. The van der Waals surface area contributed by atoms with Crippen LogP contribution in [0.25, 0.3) is 0 Å². The number of benzene rings is 1. The Morgan fingerprint density at radius 2 is 2.08 bits per heavy atom. The molecule has 3 aromatic rings. The van der Waals surface area contributed by atoms with Crippen molar-refractivity contribution in [1.82, 2.24) is 25.1 Å². The fraction of sp³-hybridized carbons (Fsp3) is 0.250. The third-order valence-corrected chi connectivity index (χ3v) is 4.86. The second-order valence-corrected chi connectivity index (χ2v) is 7.20. The Morgan fingerprint density at radius 3 is 2.71 bits per heavy atom. The number of nitrogens with zero attached hydrogens (tertiary/aromatic N) is 5. The van der Waals surface area contributed by atoms with E-state index < -0.39 is 6.04 Å². The zero-order chi connectivity index (χ0) is 16.9. The summed E-state index contributed by atoms with van der Waals surface area (Å²) in [5.74, 6) is -0.0457. The van der Waals surface area contributed by atoms with Gasteiger partial charge in [0, 0.05) is 18.3 Å². The second kappa shape index (κ2) is 7.55. The molecule has 1 unspecified atom stereocenters. The number of carbonyl (C=O) groups excluding carboxylic acids is 1. The molecule has 0 N–H and O–H groups in total. The van der Waals surface area contributed by atoms with Gasteiger partial charge in [-0.15, -0.1) is 16.4 Å². The van der Waals surface area contributed by atoms with Crippen molar-refractivity contribution in [2.75, 3.05) is 7.05 Å². The fourth-order valence-electron chi connectivity index (χ4n) is 2.45. The molecule has 8 heteroatoms. The van der Waals surface area contributed by atoms with Crippen LogP contribution in [0, 0.1) is 0 Å². The largest absolute Gasteiger partial charge is 0.339 e. The van der Waals surface area contributed by atoms with Crippen LogP contribution in [0.4, 0.5) is 0 Å². The molecule has 0 spiro atoms. The van der Waals surface area contributed by atoms with Crippen LogP contribution in [0.5, 0.6) is 0 Å². The summed E-state index contributed by atoms with van der Waals surface area (Å²) in [5.41, 5.74) is 1.05. The number of amides is 1. The van der Waals surface area contributed by atoms with Gasteiger partial charge >= 0.3 is 0 Å². The number of tetrazole rings is 1. The number of thiophene rings is 1. The number of hydrogen-bond donors (Lipinski definition) is 0. The lowest BCUT2D eigenvalue weighted by atomic mass is 10.1. The van der Waals surface area contributed by atoms with Crippen molar-refractivity contribution >= 4 is 28.8 Å². The molecule has 0 saturated carbocycles. The Kier molecular flexibility index (Phi) is 5.22. The summed E-state index contributed by atoms with van der Waals surface area (Å²) in [6.45, 7) is 0.504. The summed E-state index contributed by atoms with van der Waals surface area (Å²) >= 11 is 7.43. The second-order valence-electron chi connectivity index (χ2n) is 5.40. The molecule has 0 aliphatic rings. The van der Waals surface area contributed by atoms with Crippen molar-refractivity contribution in [2.24, 2.45) is 0 Å². The zero-order valence-corrected chi connectivity index (χ0v) is 14.6. The van der Waals surface area contributed by atoms with E-state index in [-0.39, 0.29) is 5.91 Å². The Labute approximate surface area is 148 Å². The molecule has 2 aromatic heterocycles. The molecule has 3 rings (SSSR count). The molecule has 0 bridgehead atoms. The Hall–Kier alpha value is -2.25. The highest BCUT2D eigenvalue weighted by Crippen LogP contribution is 2.23. The molecule has 0 saturated heterocycles. The molecule has 0 aliphatic heterocycles. The van der Waals surface area contributed by atoms with Gasteiger partial charge in [0.15, 0.2) is 0 Å². The molecule has 2 heterocycles. The summed E-state index contributed by atoms with van der Waals surface area (Å²) in [7, 11) is 1.78. The minimum absolute atomic E-state index is 0.0457. The van der Waals surface area contributed by atoms with Crippen LogP contribution in [-0.4, -0.2) is 38.1 Å². The van der Waals surface area contributed by atoms with Gasteiger partial charge in [-0.1, -0.05) is 41.9 Å². The van der Waals surface area contributed by atoms with Gasteiger partial charge in [0.1, 0.15) is 12.4 Å². The van der Waals surface area contributed by atoms with Gasteiger partial charge in [-0.2, -0.15) is 0 Å². The first-order chi connectivity index (χ1) is 11.6. The van der Waals surface area contributed by atoms with Crippen LogP contribution in [-0.2, 0) is 17.8 Å². The van der Waals surface area contributed by atoms with E-state index in [9.17, 15) is 4.79 Å². The summed E-state index contributed by atoms with van der Waals surface area (Å²) < 4.78 is 2.22. The molecule has 124 valence electrons. The van der Waals surface area contributed by atoms with Crippen molar-refractivity contribution in [1.29, 1.82) is 0 Å². The van der Waals surface area contributed by atoms with Crippen molar-refractivity contribution in [3.63, 3.8) is 0 Å². The van der Waals surface area contributed by atoms with Gasteiger partial charge in [0.05, 0.1) is 10.9 Å². The van der Waals surface area contributed by atoms with Gasteiger partial charge in [-0.05, 0) is 28.1 Å². The SMILES string of the molecule is CN(Cc1ccc(Cl)s1)C(=O)C(Cc1ccccc1)n1cnnn1. The molecular weight excluding hydrogens is 346 g/mol. The first kappa shape index (κ1) is 16.6. The maximum absolute atomic E-state index is 12.9. The van der Waals surface area contributed by atoms with E-state index in [1.165, 1.54) is 22.3 Å². The predicted molar refractivity (Wildman–Crippen MR) is 92.8 cm³/mol. The average Bonchev–Trinajstić information content (AvgIpc) is 3.25. The number of carbonyl (C=O) groups is 1. The third-order valence-electron chi connectivity index (χ3n) is 3.64. The first-order valence-corrected chi connectivity index (χ1v) is 8.58. The monoisotopic (exact) mass is 361 g/mol. The molecule has 6 nitrogen and oxygen atoms in total. The van der Waals surface area contributed by atoms with E-state index in [0.717, 1.165) is 10.4 Å². The Morgan fingerprint density at radius 1 is 1.29 bits per heavy atom. The molecular formula is C16H16ClN5OS. The minimum atomic E-state index is -0.483. The van der Waals surface area contributed by atoms with Gasteiger partial charge in [-0.25, -0.2) is 4.68 Å². The van der Waals surface area contributed by atoms with Gasteiger partial charge in [-0.3, -0.25) is 4.79 Å². The predicted octanol–water partition coefficient (Wildman–Crippen LogP) is 2.83. The minimum Gasteiger partial charge on any atom is -0.339 e. The van der Waals surface area contributed by atoms with Crippen LogP contribution in [0.1, 0.15) is 16.5 Å². The van der Waals surface area contributed by atoms with Gasteiger partial charge in [0.2, 0.25) is 5.91 Å². The maximum Gasteiger partial charge on any atom is 0.247 e. The van der Waals surface area contributed by atoms with Crippen LogP contribution in [0.15, 0.2) is 48.8 Å². The van der Waals surface area contributed by atoms with E-state index in [1.807, 2.05) is 42.5 Å². The highest BCUT2D eigenvalue weighted by molar-refractivity contribution is 7.16. The fourth-order valence-corrected chi connectivity index (χ4v) is 3.59. The molecule has 24 heavy (non-hydrogen) atoms. The molecule has 0 radical (unpaired) electrons. The zero-order valence-electron chi connectivity index (χ0n) is 13.0. The number of aromatic nitrogens is 4. The van der Waals surface area contributed by atoms with Crippen molar-refractivity contribution in [3.8, 4) is 0 Å². The topological polar surface area (TPSA) is 63.9 Å². The number of likely N-dealkylation sites (N-methyl/N-ethyl adjacent to an activating group) is 1. The summed E-state index contributed by atoms with van der Waals surface area (Å²) in [4.78, 5) is 15.6. The lowest BCUT2D eigenvalue weighted by Crippen LogP contribution is -2.35. The maximum atomic E-state index is 12.9. The lowest BCUT2D eigenvalue weighted by Gasteiger charge is -2.23. The summed E-state index contributed by atoms with van der Waals surface area (Å²) in [5, 5.41) is 11.2. The Bertz CT molecular complexity index is 790. The van der Waals surface area contributed by atoms with Gasteiger partial charge in [0.25, 0.3) is 0 Å². The van der Waals surface area contributed by atoms with E-state index in [1.54, 1.807) is 11.9 Å². The van der Waals surface area contributed by atoms with Crippen LogP contribution >= 0.6 is 22.9 Å². The quantitative estimate of drug-likeness (QED) is 0.677.